The zero-order chi connectivity index (χ0) is 10.6. The minimum Gasteiger partial charge on any atom is -0.342 e. The van der Waals surface area contributed by atoms with E-state index in [9.17, 15) is 4.79 Å². The Kier molecular flexibility index (Phi) is 4.40. The molecule has 0 fully saturated rings. The molecule has 0 aliphatic carbocycles. The minimum atomic E-state index is -0.451. The molecule has 0 saturated heterocycles. The van der Waals surface area contributed by atoms with E-state index in [-0.39, 0.29) is 11.9 Å². The molecule has 1 amide bonds. The third kappa shape index (κ3) is 3.35. The summed E-state index contributed by atoms with van der Waals surface area (Å²) in [6.07, 6.45) is 0. The van der Waals surface area contributed by atoms with Crippen molar-refractivity contribution in [1.82, 2.24) is 10.2 Å². The first kappa shape index (κ1) is 12.4. The molecule has 0 heterocycles. The van der Waals surface area contributed by atoms with Crippen LogP contribution in [0.25, 0.3) is 0 Å². The van der Waals surface area contributed by atoms with Gasteiger partial charge in [-0.05, 0) is 34.2 Å². The summed E-state index contributed by atoms with van der Waals surface area (Å²) >= 11 is 0. The van der Waals surface area contributed by atoms with Crippen molar-refractivity contribution in [3.8, 4) is 0 Å². The lowest BCUT2D eigenvalue weighted by Crippen LogP contribution is -2.54. The van der Waals surface area contributed by atoms with Crippen LogP contribution in [0.2, 0.25) is 0 Å². The highest BCUT2D eigenvalue weighted by atomic mass is 16.2. The van der Waals surface area contributed by atoms with Gasteiger partial charge in [0.2, 0.25) is 5.91 Å². The summed E-state index contributed by atoms with van der Waals surface area (Å²) in [5, 5.41) is 3.17. The number of rotatable bonds is 4. The van der Waals surface area contributed by atoms with Crippen LogP contribution in [0.15, 0.2) is 0 Å². The van der Waals surface area contributed by atoms with Crippen molar-refractivity contribution < 1.29 is 4.79 Å². The van der Waals surface area contributed by atoms with E-state index in [0.717, 1.165) is 6.54 Å². The van der Waals surface area contributed by atoms with E-state index in [2.05, 4.69) is 5.32 Å². The number of likely N-dealkylation sites (N-methyl/N-ethyl adjacent to an activating group) is 2. The molecule has 13 heavy (non-hydrogen) atoms. The van der Waals surface area contributed by atoms with Gasteiger partial charge in [-0.2, -0.15) is 0 Å². The molecule has 0 aromatic carbocycles. The fourth-order valence-electron chi connectivity index (χ4n) is 1.19. The second-order valence-corrected chi connectivity index (χ2v) is 4.17. The fraction of sp³-hybridized carbons (Fsp3) is 0.900. The Bertz CT molecular complexity index is 176. The lowest BCUT2D eigenvalue weighted by Gasteiger charge is -2.32. The van der Waals surface area contributed by atoms with Gasteiger partial charge in [0.05, 0.1) is 5.54 Å². The molecule has 0 aliphatic rings. The maximum Gasteiger partial charge on any atom is 0.242 e. The SMILES string of the molecule is CCNC(C)(C)C(=O)N(C)C(C)C. The maximum atomic E-state index is 11.9. The molecule has 0 aromatic heterocycles. The van der Waals surface area contributed by atoms with Gasteiger partial charge in [0.1, 0.15) is 0 Å². The number of carbonyl (C=O) groups is 1. The second kappa shape index (κ2) is 4.61. The molecule has 0 aliphatic heterocycles. The van der Waals surface area contributed by atoms with Crippen LogP contribution in [0.5, 0.6) is 0 Å². The molecular weight excluding hydrogens is 164 g/mol. The topological polar surface area (TPSA) is 32.3 Å². The van der Waals surface area contributed by atoms with Crippen LogP contribution in [-0.4, -0.2) is 36.0 Å². The Balaban J connectivity index is 4.39. The van der Waals surface area contributed by atoms with Gasteiger partial charge in [0, 0.05) is 13.1 Å². The van der Waals surface area contributed by atoms with Gasteiger partial charge in [-0.25, -0.2) is 0 Å². The Morgan fingerprint density at radius 3 is 2.23 bits per heavy atom. The molecule has 0 spiro atoms. The Morgan fingerprint density at radius 2 is 1.92 bits per heavy atom. The van der Waals surface area contributed by atoms with Crippen LogP contribution in [0.4, 0.5) is 0 Å². The smallest absolute Gasteiger partial charge is 0.242 e. The lowest BCUT2D eigenvalue weighted by molar-refractivity contribution is -0.137. The lowest BCUT2D eigenvalue weighted by atomic mass is 10.0. The summed E-state index contributed by atoms with van der Waals surface area (Å²) in [7, 11) is 1.84. The van der Waals surface area contributed by atoms with Gasteiger partial charge in [-0.1, -0.05) is 6.92 Å². The third-order valence-electron chi connectivity index (χ3n) is 2.25. The summed E-state index contributed by atoms with van der Waals surface area (Å²) in [5.41, 5.74) is -0.451. The van der Waals surface area contributed by atoms with Crippen molar-refractivity contribution in [2.45, 2.75) is 46.2 Å². The number of hydrogen-bond donors (Lipinski definition) is 1. The summed E-state index contributed by atoms with van der Waals surface area (Å²) in [6, 6.07) is 0.255. The van der Waals surface area contributed by atoms with Crippen molar-refractivity contribution >= 4 is 5.91 Å². The number of carbonyl (C=O) groups excluding carboxylic acids is 1. The summed E-state index contributed by atoms with van der Waals surface area (Å²) < 4.78 is 0. The molecule has 0 atom stereocenters. The van der Waals surface area contributed by atoms with Crippen molar-refractivity contribution in [1.29, 1.82) is 0 Å². The van der Waals surface area contributed by atoms with Crippen LogP contribution in [0.1, 0.15) is 34.6 Å². The average Bonchev–Trinajstić information content (AvgIpc) is 2.01. The van der Waals surface area contributed by atoms with Crippen LogP contribution in [0.3, 0.4) is 0 Å². The fourth-order valence-corrected chi connectivity index (χ4v) is 1.19. The van der Waals surface area contributed by atoms with E-state index in [1.54, 1.807) is 4.90 Å². The van der Waals surface area contributed by atoms with Crippen molar-refractivity contribution in [2.24, 2.45) is 0 Å². The molecule has 0 radical (unpaired) electrons. The average molecular weight is 186 g/mol. The van der Waals surface area contributed by atoms with E-state index in [4.69, 9.17) is 0 Å². The standard InChI is InChI=1S/C10H22N2O/c1-7-11-10(4,5)9(13)12(6)8(2)3/h8,11H,7H2,1-6H3. The number of amides is 1. The van der Waals surface area contributed by atoms with Crippen LogP contribution >= 0.6 is 0 Å². The molecule has 3 heteroatoms. The Hall–Kier alpha value is -0.570. The Labute approximate surface area is 81.5 Å². The Morgan fingerprint density at radius 1 is 1.46 bits per heavy atom. The summed E-state index contributed by atoms with van der Waals surface area (Å²) in [6.45, 7) is 10.7. The van der Waals surface area contributed by atoms with E-state index in [1.165, 1.54) is 0 Å². The highest BCUT2D eigenvalue weighted by molar-refractivity contribution is 5.85. The van der Waals surface area contributed by atoms with E-state index in [1.807, 2.05) is 41.7 Å². The van der Waals surface area contributed by atoms with Gasteiger partial charge in [0.15, 0.2) is 0 Å². The highest BCUT2D eigenvalue weighted by Crippen LogP contribution is 2.08. The van der Waals surface area contributed by atoms with E-state index >= 15 is 0 Å². The van der Waals surface area contributed by atoms with Gasteiger partial charge < -0.3 is 10.2 Å². The first-order chi connectivity index (χ1) is 5.83. The molecule has 1 N–H and O–H groups in total. The second-order valence-electron chi connectivity index (χ2n) is 4.17. The highest BCUT2D eigenvalue weighted by Gasteiger charge is 2.29. The van der Waals surface area contributed by atoms with Gasteiger partial charge in [-0.15, -0.1) is 0 Å². The van der Waals surface area contributed by atoms with Crippen molar-refractivity contribution in [2.75, 3.05) is 13.6 Å². The predicted octanol–water partition coefficient (Wildman–Crippen LogP) is 1.24. The van der Waals surface area contributed by atoms with Crippen LogP contribution < -0.4 is 5.32 Å². The van der Waals surface area contributed by atoms with Crippen LogP contribution in [-0.2, 0) is 4.79 Å². The molecule has 0 saturated carbocycles. The molecule has 0 rings (SSSR count). The molecule has 0 bridgehead atoms. The summed E-state index contributed by atoms with van der Waals surface area (Å²) in [5.74, 6) is 0.143. The minimum absolute atomic E-state index is 0.143. The van der Waals surface area contributed by atoms with E-state index in [0.29, 0.717) is 0 Å². The first-order valence-electron chi connectivity index (χ1n) is 4.85. The predicted molar refractivity (Wildman–Crippen MR) is 55.7 cm³/mol. The van der Waals surface area contributed by atoms with Crippen LogP contribution in [0, 0.1) is 0 Å². The quantitative estimate of drug-likeness (QED) is 0.716. The van der Waals surface area contributed by atoms with Gasteiger partial charge in [-0.3, -0.25) is 4.79 Å². The van der Waals surface area contributed by atoms with Gasteiger partial charge >= 0.3 is 0 Å². The van der Waals surface area contributed by atoms with Crippen molar-refractivity contribution in [3.63, 3.8) is 0 Å². The molecular formula is C10H22N2O. The molecule has 78 valence electrons. The third-order valence-corrected chi connectivity index (χ3v) is 2.25. The van der Waals surface area contributed by atoms with E-state index < -0.39 is 5.54 Å². The zero-order valence-electron chi connectivity index (χ0n) is 9.64. The normalized spacial score (nSPS) is 11.9. The van der Waals surface area contributed by atoms with Crippen molar-refractivity contribution in [3.05, 3.63) is 0 Å². The molecule has 0 unspecified atom stereocenters. The maximum absolute atomic E-state index is 11.9. The number of nitrogens with zero attached hydrogens (tertiary/aromatic N) is 1. The van der Waals surface area contributed by atoms with Gasteiger partial charge in [0.25, 0.3) is 0 Å². The molecule has 0 aromatic rings. The molecule has 3 nitrogen and oxygen atoms in total. The largest absolute Gasteiger partial charge is 0.342 e. The monoisotopic (exact) mass is 186 g/mol. The number of hydrogen-bond acceptors (Lipinski definition) is 2. The first-order valence-corrected chi connectivity index (χ1v) is 4.85. The number of nitrogens with one attached hydrogen (secondary N) is 1. The zero-order valence-corrected chi connectivity index (χ0v) is 9.64. The summed E-state index contributed by atoms with van der Waals surface area (Å²) in [4.78, 5) is 13.6.